The lowest BCUT2D eigenvalue weighted by atomic mass is 9.87. The Morgan fingerprint density at radius 2 is 1.74 bits per heavy atom. The van der Waals surface area contributed by atoms with E-state index in [0.29, 0.717) is 24.6 Å². The summed E-state index contributed by atoms with van der Waals surface area (Å²) in [5.74, 6) is 1.25. The largest absolute Gasteiger partial charge is 0.454 e. The van der Waals surface area contributed by atoms with Gasteiger partial charge in [0, 0.05) is 26.1 Å². The van der Waals surface area contributed by atoms with Gasteiger partial charge in [0.05, 0.1) is 4.90 Å². The maximum Gasteiger partial charge on any atom is 0.240 e. The molecule has 1 aliphatic rings. The van der Waals surface area contributed by atoms with Crippen molar-refractivity contribution in [3.63, 3.8) is 0 Å². The van der Waals surface area contributed by atoms with E-state index in [1.165, 1.54) is 0 Å². The van der Waals surface area contributed by atoms with Gasteiger partial charge in [-0.3, -0.25) is 4.79 Å². The average molecular weight is 447 g/mol. The maximum atomic E-state index is 12.6. The van der Waals surface area contributed by atoms with Crippen molar-refractivity contribution in [3.8, 4) is 11.5 Å². The Morgan fingerprint density at radius 1 is 1.06 bits per heavy atom. The Hall–Kier alpha value is -2.58. The van der Waals surface area contributed by atoms with Crippen molar-refractivity contribution < 1.29 is 22.7 Å². The summed E-state index contributed by atoms with van der Waals surface area (Å²) in [4.78, 5) is 14.5. The summed E-state index contributed by atoms with van der Waals surface area (Å²) in [7, 11) is -3.67. The minimum Gasteiger partial charge on any atom is -0.454 e. The van der Waals surface area contributed by atoms with Crippen LogP contribution in [0.2, 0.25) is 0 Å². The third-order valence-corrected chi connectivity index (χ3v) is 6.68. The van der Waals surface area contributed by atoms with Gasteiger partial charge in [-0.15, -0.1) is 0 Å². The molecule has 2 aromatic rings. The first kappa shape index (κ1) is 23.1. The summed E-state index contributed by atoms with van der Waals surface area (Å²) in [5.41, 5.74) is 1.94. The number of ether oxygens (including phenoxy) is 2. The highest BCUT2D eigenvalue weighted by molar-refractivity contribution is 7.89. The number of sulfonamides is 1. The molecule has 0 bridgehead atoms. The molecule has 31 heavy (non-hydrogen) atoms. The molecule has 168 valence electrons. The summed E-state index contributed by atoms with van der Waals surface area (Å²) >= 11 is 0. The fourth-order valence-electron chi connectivity index (χ4n) is 3.30. The van der Waals surface area contributed by atoms with Crippen molar-refractivity contribution in [1.82, 2.24) is 9.62 Å². The Morgan fingerprint density at radius 3 is 2.39 bits per heavy atom. The summed E-state index contributed by atoms with van der Waals surface area (Å²) in [5, 5.41) is 0. The van der Waals surface area contributed by atoms with Gasteiger partial charge in [-0.25, -0.2) is 13.1 Å². The first-order valence-electron chi connectivity index (χ1n) is 10.4. The van der Waals surface area contributed by atoms with E-state index in [2.05, 4.69) is 25.5 Å². The number of hydrogen-bond donors (Lipinski definition) is 1. The van der Waals surface area contributed by atoms with Crippen LogP contribution >= 0.6 is 0 Å². The summed E-state index contributed by atoms with van der Waals surface area (Å²) in [6.45, 7) is 9.30. The van der Waals surface area contributed by atoms with Gasteiger partial charge >= 0.3 is 0 Å². The summed E-state index contributed by atoms with van der Waals surface area (Å²) in [6.07, 6.45) is 0.0810. The number of nitrogens with zero attached hydrogens (tertiary/aromatic N) is 1. The van der Waals surface area contributed by atoms with Crippen LogP contribution in [-0.4, -0.2) is 39.1 Å². The average Bonchev–Trinajstić information content (AvgIpc) is 3.19. The van der Waals surface area contributed by atoms with Crippen molar-refractivity contribution in [2.45, 2.75) is 51.0 Å². The number of carbonyl (C=O) groups is 1. The fraction of sp³-hybridized carbons (Fsp3) is 0.435. The van der Waals surface area contributed by atoms with Gasteiger partial charge in [0.2, 0.25) is 22.7 Å². The second kappa shape index (κ2) is 9.28. The van der Waals surface area contributed by atoms with E-state index in [1.54, 1.807) is 17.0 Å². The lowest BCUT2D eigenvalue weighted by Gasteiger charge is -2.21. The quantitative estimate of drug-likeness (QED) is 0.672. The number of rotatable bonds is 8. The zero-order valence-corrected chi connectivity index (χ0v) is 19.3. The normalized spacial score (nSPS) is 13.3. The van der Waals surface area contributed by atoms with Crippen LogP contribution in [0.15, 0.2) is 47.4 Å². The van der Waals surface area contributed by atoms with E-state index in [4.69, 9.17) is 9.47 Å². The zero-order valence-electron chi connectivity index (χ0n) is 18.5. The van der Waals surface area contributed by atoms with E-state index >= 15 is 0 Å². The topological polar surface area (TPSA) is 84.9 Å². The number of benzene rings is 2. The predicted octanol–water partition coefficient (Wildman–Crippen LogP) is 3.43. The minimum absolute atomic E-state index is 0.0415. The first-order chi connectivity index (χ1) is 14.6. The van der Waals surface area contributed by atoms with Crippen LogP contribution in [0.25, 0.3) is 0 Å². The minimum atomic E-state index is -3.67. The van der Waals surface area contributed by atoms with Gasteiger partial charge in [0.1, 0.15) is 0 Å². The molecule has 0 aliphatic carbocycles. The van der Waals surface area contributed by atoms with Crippen LogP contribution in [0.4, 0.5) is 0 Å². The van der Waals surface area contributed by atoms with Crippen molar-refractivity contribution in [2.24, 2.45) is 0 Å². The molecule has 8 heteroatoms. The van der Waals surface area contributed by atoms with E-state index < -0.39 is 10.0 Å². The molecule has 7 nitrogen and oxygen atoms in total. The Bertz CT molecular complexity index is 1030. The smallest absolute Gasteiger partial charge is 0.240 e. The Balaban J connectivity index is 1.55. The van der Waals surface area contributed by atoms with E-state index in [1.807, 2.05) is 37.3 Å². The van der Waals surface area contributed by atoms with Crippen LogP contribution in [0, 0.1) is 0 Å². The molecule has 0 radical (unpaired) electrons. The van der Waals surface area contributed by atoms with Crippen LogP contribution in [0.1, 0.15) is 45.2 Å². The van der Waals surface area contributed by atoms with E-state index in [9.17, 15) is 13.2 Å². The Labute approximate surface area is 184 Å². The lowest BCUT2D eigenvalue weighted by Crippen LogP contribution is -2.34. The van der Waals surface area contributed by atoms with Gasteiger partial charge in [-0.05, 0) is 47.7 Å². The molecule has 1 heterocycles. The molecule has 1 aliphatic heterocycles. The van der Waals surface area contributed by atoms with Crippen LogP contribution < -0.4 is 14.2 Å². The van der Waals surface area contributed by atoms with Crippen molar-refractivity contribution in [2.75, 3.05) is 19.9 Å². The maximum absolute atomic E-state index is 12.6. The molecule has 0 atom stereocenters. The zero-order chi connectivity index (χ0) is 22.6. The van der Waals surface area contributed by atoms with Crippen LogP contribution in [0.5, 0.6) is 11.5 Å². The third-order valence-electron chi connectivity index (χ3n) is 5.21. The fourth-order valence-corrected chi connectivity index (χ4v) is 4.34. The van der Waals surface area contributed by atoms with Gasteiger partial charge in [0.25, 0.3) is 0 Å². The molecule has 0 saturated carbocycles. The first-order valence-corrected chi connectivity index (χ1v) is 11.8. The molecule has 0 spiro atoms. The van der Waals surface area contributed by atoms with Crippen molar-refractivity contribution in [1.29, 1.82) is 0 Å². The molecule has 1 amide bonds. The van der Waals surface area contributed by atoms with Gasteiger partial charge < -0.3 is 14.4 Å². The molecule has 3 rings (SSSR count). The number of hydrogen-bond acceptors (Lipinski definition) is 5. The molecule has 0 unspecified atom stereocenters. The second-order valence-corrected chi connectivity index (χ2v) is 10.3. The monoisotopic (exact) mass is 446 g/mol. The highest BCUT2D eigenvalue weighted by Gasteiger charge is 2.20. The molecule has 2 aromatic carbocycles. The molecule has 0 saturated heterocycles. The highest BCUT2D eigenvalue weighted by Crippen LogP contribution is 2.32. The molecule has 0 fully saturated rings. The summed E-state index contributed by atoms with van der Waals surface area (Å²) < 4.78 is 38.3. The Kier molecular flexibility index (Phi) is 6.91. The van der Waals surface area contributed by atoms with Gasteiger partial charge in [-0.2, -0.15) is 0 Å². The second-order valence-electron chi connectivity index (χ2n) is 8.52. The van der Waals surface area contributed by atoms with Crippen molar-refractivity contribution >= 4 is 15.9 Å². The number of fused-ring (bicyclic) bond motifs is 1. The lowest BCUT2D eigenvalue weighted by molar-refractivity contribution is -0.131. The summed E-state index contributed by atoms with van der Waals surface area (Å²) in [6, 6.07) is 12.4. The molecular formula is C23H30N2O5S. The van der Waals surface area contributed by atoms with Crippen LogP contribution in [-0.2, 0) is 26.8 Å². The molecular weight excluding hydrogens is 416 g/mol. The van der Waals surface area contributed by atoms with Gasteiger partial charge in [-0.1, -0.05) is 39.0 Å². The molecule has 0 aromatic heterocycles. The van der Waals surface area contributed by atoms with Crippen molar-refractivity contribution in [3.05, 3.63) is 53.6 Å². The SMILES string of the molecule is CCN(Cc1ccc2c(c1)OCO2)C(=O)CCNS(=O)(=O)c1ccc(C(C)(C)C)cc1. The standard InChI is InChI=1S/C23H30N2O5S/c1-5-25(15-17-6-11-20-21(14-17)30-16-29-20)22(26)12-13-24-31(27,28)19-9-7-18(8-10-19)23(2,3)4/h6-11,14,24H,5,12-13,15-16H2,1-4H3. The number of carbonyl (C=O) groups excluding carboxylic acids is 1. The van der Waals surface area contributed by atoms with Gasteiger partial charge in [0.15, 0.2) is 11.5 Å². The highest BCUT2D eigenvalue weighted by atomic mass is 32.2. The van der Waals surface area contributed by atoms with E-state index in [-0.39, 0.29) is 36.0 Å². The predicted molar refractivity (Wildman–Crippen MR) is 119 cm³/mol. The van der Waals surface area contributed by atoms with Crippen LogP contribution in [0.3, 0.4) is 0 Å². The van der Waals surface area contributed by atoms with E-state index in [0.717, 1.165) is 11.1 Å². The molecule has 1 N–H and O–H groups in total. The number of nitrogens with one attached hydrogen (secondary N) is 1. The number of amides is 1. The third kappa shape index (κ3) is 5.77.